The molecule has 1 rings (SSSR count). The first kappa shape index (κ1) is 15.6. The topological polar surface area (TPSA) is 85.3 Å². The van der Waals surface area contributed by atoms with Gasteiger partial charge in [-0.15, -0.1) is 0 Å². The average molecular weight is 283 g/mol. The zero-order valence-corrected chi connectivity index (χ0v) is 11.6. The zero-order valence-electron chi connectivity index (χ0n) is 11.6. The number of carboxylic acid groups (broad SMARTS) is 1. The number of benzene rings is 1. The second kappa shape index (κ2) is 7.22. The Morgan fingerprint density at radius 1 is 1.10 bits per heavy atom. The van der Waals surface area contributed by atoms with Crippen molar-refractivity contribution in [2.45, 2.75) is 6.42 Å². The molecular weight excluding hydrogens is 266 g/mol. The lowest BCUT2D eigenvalue weighted by atomic mass is 10.2. The molecule has 0 aliphatic carbocycles. The van der Waals surface area contributed by atoms with Crippen LogP contribution in [0.2, 0.25) is 0 Å². The predicted molar refractivity (Wildman–Crippen MR) is 71.5 cm³/mol. The lowest BCUT2D eigenvalue weighted by molar-refractivity contribution is -0.136. The fourth-order valence-electron chi connectivity index (χ4n) is 1.59. The van der Waals surface area contributed by atoms with Crippen molar-refractivity contribution in [3.63, 3.8) is 0 Å². The monoisotopic (exact) mass is 283 g/mol. The van der Waals surface area contributed by atoms with Crippen molar-refractivity contribution in [3.8, 4) is 11.5 Å². The summed E-state index contributed by atoms with van der Waals surface area (Å²) >= 11 is 0. The third kappa shape index (κ3) is 4.04. The van der Waals surface area contributed by atoms with E-state index in [1.54, 1.807) is 18.2 Å². The number of hydrogen-bond acceptors (Lipinski definition) is 5. The van der Waals surface area contributed by atoms with Crippen LogP contribution in [0, 0.1) is 0 Å². The molecule has 0 saturated heterocycles. The molecule has 0 aliphatic rings. The van der Waals surface area contributed by atoms with E-state index in [1.807, 2.05) is 0 Å². The number of amides is 1. The Morgan fingerprint density at radius 2 is 1.65 bits per heavy atom. The van der Waals surface area contributed by atoms with Gasteiger partial charge in [-0.1, -0.05) is 0 Å². The van der Waals surface area contributed by atoms with Crippen LogP contribution in [-0.4, -0.2) is 45.0 Å². The van der Waals surface area contributed by atoms with Gasteiger partial charge >= 0.3 is 12.1 Å². The maximum atomic E-state index is 11.8. The molecule has 0 spiro atoms. The molecule has 1 aromatic carbocycles. The van der Waals surface area contributed by atoms with Crippen molar-refractivity contribution in [2.24, 2.45) is 0 Å². The highest BCUT2D eigenvalue weighted by atomic mass is 16.5. The van der Waals surface area contributed by atoms with E-state index in [4.69, 9.17) is 14.6 Å². The van der Waals surface area contributed by atoms with E-state index < -0.39 is 12.1 Å². The summed E-state index contributed by atoms with van der Waals surface area (Å²) in [5.41, 5.74) is 0.439. The summed E-state index contributed by atoms with van der Waals surface area (Å²) in [6, 6.07) is 4.85. The van der Waals surface area contributed by atoms with Gasteiger partial charge in [-0.3, -0.25) is 9.69 Å². The van der Waals surface area contributed by atoms with Gasteiger partial charge < -0.3 is 19.3 Å². The molecule has 7 nitrogen and oxygen atoms in total. The largest absolute Gasteiger partial charge is 0.497 e. The standard InChI is InChI=1S/C13H17NO6/c1-18-10-6-9(7-11(8-10)19-2)14(13(17)20-3)5-4-12(15)16/h6-8H,4-5H2,1-3H3,(H,15,16). The van der Waals surface area contributed by atoms with Gasteiger partial charge in [0.15, 0.2) is 0 Å². The van der Waals surface area contributed by atoms with Crippen LogP contribution in [0.5, 0.6) is 11.5 Å². The quantitative estimate of drug-likeness (QED) is 0.856. The molecule has 0 aliphatic heterocycles. The normalized spacial score (nSPS) is 9.75. The summed E-state index contributed by atoms with van der Waals surface area (Å²) in [6.45, 7) is -0.0155. The number of anilines is 1. The molecule has 1 amide bonds. The first-order valence-electron chi connectivity index (χ1n) is 5.82. The number of ether oxygens (including phenoxy) is 3. The number of aliphatic carboxylic acids is 1. The molecule has 0 radical (unpaired) electrons. The Kier molecular flexibility index (Phi) is 5.64. The highest BCUT2D eigenvalue weighted by molar-refractivity contribution is 5.88. The molecule has 0 saturated carbocycles. The molecule has 1 N–H and O–H groups in total. The van der Waals surface area contributed by atoms with Crippen LogP contribution in [0.4, 0.5) is 10.5 Å². The van der Waals surface area contributed by atoms with E-state index in [1.165, 1.54) is 26.2 Å². The Balaban J connectivity index is 3.11. The number of carbonyl (C=O) groups is 2. The van der Waals surface area contributed by atoms with E-state index >= 15 is 0 Å². The summed E-state index contributed by atoms with van der Waals surface area (Å²) in [5.74, 6) is -0.0269. The van der Waals surface area contributed by atoms with Crippen molar-refractivity contribution in [1.29, 1.82) is 0 Å². The van der Waals surface area contributed by atoms with Crippen LogP contribution in [0.25, 0.3) is 0 Å². The van der Waals surface area contributed by atoms with Crippen LogP contribution in [0.3, 0.4) is 0 Å². The van der Waals surface area contributed by atoms with Gasteiger partial charge in [0.25, 0.3) is 0 Å². The fourth-order valence-corrected chi connectivity index (χ4v) is 1.59. The summed E-state index contributed by atoms with van der Waals surface area (Å²) < 4.78 is 14.9. The van der Waals surface area contributed by atoms with Crippen molar-refractivity contribution < 1.29 is 28.9 Å². The van der Waals surface area contributed by atoms with Crippen molar-refractivity contribution in [3.05, 3.63) is 18.2 Å². The molecule has 0 fully saturated rings. The molecule has 110 valence electrons. The van der Waals surface area contributed by atoms with E-state index in [2.05, 4.69) is 4.74 Å². The highest BCUT2D eigenvalue weighted by Crippen LogP contribution is 2.28. The number of methoxy groups -OCH3 is 3. The average Bonchev–Trinajstić information content (AvgIpc) is 2.46. The van der Waals surface area contributed by atoms with Gasteiger partial charge in [-0.25, -0.2) is 4.79 Å². The molecule has 20 heavy (non-hydrogen) atoms. The Morgan fingerprint density at radius 3 is 2.05 bits per heavy atom. The minimum absolute atomic E-state index is 0.0155. The van der Waals surface area contributed by atoms with Crippen molar-refractivity contribution >= 4 is 17.7 Å². The Bertz CT molecular complexity index is 465. The van der Waals surface area contributed by atoms with E-state index in [-0.39, 0.29) is 13.0 Å². The first-order chi connectivity index (χ1) is 9.51. The molecule has 7 heteroatoms. The molecule has 0 atom stereocenters. The van der Waals surface area contributed by atoms with Gasteiger partial charge in [-0.05, 0) is 0 Å². The van der Waals surface area contributed by atoms with Crippen LogP contribution in [-0.2, 0) is 9.53 Å². The molecule has 0 heterocycles. The number of carboxylic acids is 1. The number of nitrogens with zero attached hydrogens (tertiary/aromatic N) is 1. The smallest absolute Gasteiger partial charge is 0.414 e. The van der Waals surface area contributed by atoms with Crippen LogP contribution < -0.4 is 14.4 Å². The maximum absolute atomic E-state index is 11.8. The lowest BCUT2D eigenvalue weighted by Gasteiger charge is -2.21. The SMILES string of the molecule is COC(=O)N(CCC(=O)O)c1cc(OC)cc(OC)c1. The van der Waals surface area contributed by atoms with E-state index in [0.29, 0.717) is 17.2 Å². The minimum Gasteiger partial charge on any atom is -0.497 e. The van der Waals surface area contributed by atoms with Crippen molar-refractivity contribution in [2.75, 3.05) is 32.8 Å². The molecular formula is C13H17NO6. The summed E-state index contributed by atoms with van der Waals surface area (Å²) in [6.07, 6.45) is -0.851. The second-order valence-corrected chi connectivity index (χ2v) is 3.84. The molecule has 0 bridgehead atoms. The molecule has 0 unspecified atom stereocenters. The minimum atomic E-state index is -1.01. The van der Waals surface area contributed by atoms with Crippen LogP contribution >= 0.6 is 0 Å². The maximum Gasteiger partial charge on any atom is 0.414 e. The predicted octanol–water partition coefficient (Wildman–Crippen LogP) is 1.75. The highest BCUT2D eigenvalue weighted by Gasteiger charge is 2.19. The molecule has 0 aromatic heterocycles. The third-order valence-corrected chi connectivity index (χ3v) is 2.59. The summed E-state index contributed by atoms with van der Waals surface area (Å²) in [4.78, 5) is 23.6. The fraction of sp³-hybridized carbons (Fsp3) is 0.385. The number of rotatable bonds is 6. The zero-order chi connectivity index (χ0) is 15.1. The van der Waals surface area contributed by atoms with Gasteiger partial charge in [0, 0.05) is 24.7 Å². The van der Waals surface area contributed by atoms with E-state index in [9.17, 15) is 9.59 Å². The van der Waals surface area contributed by atoms with Crippen molar-refractivity contribution in [1.82, 2.24) is 0 Å². The first-order valence-corrected chi connectivity index (χ1v) is 5.82. The Hall–Kier alpha value is -2.44. The Labute approximate surface area is 116 Å². The van der Waals surface area contributed by atoms with Gasteiger partial charge in [0.2, 0.25) is 0 Å². The third-order valence-electron chi connectivity index (χ3n) is 2.59. The molecule has 1 aromatic rings. The van der Waals surface area contributed by atoms with E-state index in [0.717, 1.165) is 0 Å². The number of hydrogen-bond donors (Lipinski definition) is 1. The summed E-state index contributed by atoms with van der Waals surface area (Å²) in [7, 11) is 4.20. The summed E-state index contributed by atoms with van der Waals surface area (Å²) in [5, 5.41) is 8.74. The van der Waals surface area contributed by atoms with Gasteiger partial charge in [0.1, 0.15) is 11.5 Å². The lowest BCUT2D eigenvalue weighted by Crippen LogP contribution is -2.32. The van der Waals surface area contributed by atoms with Gasteiger partial charge in [-0.2, -0.15) is 0 Å². The van der Waals surface area contributed by atoms with Crippen LogP contribution in [0.1, 0.15) is 6.42 Å². The second-order valence-electron chi connectivity index (χ2n) is 3.84. The van der Waals surface area contributed by atoms with Crippen LogP contribution in [0.15, 0.2) is 18.2 Å². The number of carbonyl (C=O) groups excluding carboxylic acids is 1. The van der Waals surface area contributed by atoms with Gasteiger partial charge in [0.05, 0.1) is 33.4 Å².